The number of aliphatic hydroxyl groups excluding tert-OH is 1. The summed E-state index contributed by atoms with van der Waals surface area (Å²) in [5, 5.41) is 26.4. The van der Waals surface area contributed by atoms with Crippen LogP contribution in [0.15, 0.2) is 30.5 Å². The number of nitrogens with one attached hydrogen (secondary N) is 2. The van der Waals surface area contributed by atoms with Gasteiger partial charge < -0.3 is 20.3 Å². The summed E-state index contributed by atoms with van der Waals surface area (Å²) < 4.78 is 2.17. The number of aliphatic hydroxyl groups is 1. The van der Waals surface area contributed by atoms with Gasteiger partial charge in [0.05, 0.1) is 23.3 Å². The molecule has 0 radical (unpaired) electrons. The highest BCUT2D eigenvalue weighted by Gasteiger charge is 2.35. The summed E-state index contributed by atoms with van der Waals surface area (Å²) in [6.45, 7) is 7.52. The van der Waals surface area contributed by atoms with Crippen LogP contribution in [0.25, 0.3) is 11.0 Å². The molecule has 31 heavy (non-hydrogen) atoms. The molecule has 8 heteroatoms. The summed E-state index contributed by atoms with van der Waals surface area (Å²) in [5.74, 6) is 1.99. The van der Waals surface area contributed by atoms with E-state index in [1.54, 1.807) is 6.20 Å². The molecule has 2 heterocycles. The summed E-state index contributed by atoms with van der Waals surface area (Å²) in [5.41, 5.74) is 2.35. The molecule has 1 fully saturated rings. The predicted octanol–water partition coefficient (Wildman–Crippen LogP) is 3.72. The minimum Gasteiger partial charge on any atom is -0.393 e. The summed E-state index contributed by atoms with van der Waals surface area (Å²) in [4.78, 5) is 13.5. The van der Waals surface area contributed by atoms with Gasteiger partial charge in [0, 0.05) is 20.6 Å². The van der Waals surface area contributed by atoms with E-state index in [1.165, 1.54) is 0 Å². The predicted molar refractivity (Wildman–Crippen MR) is 123 cm³/mol. The molecule has 3 aromatic rings. The van der Waals surface area contributed by atoms with Gasteiger partial charge in [0.2, 0.25) is 5.95 Å². The fourth-order valence-electron chi connectivity index (χ4n) is 4.36. The third-order valence-electron chi connectivity index (χ3n) is 6.18. The Hall–Kier alpha value is -3.18. The number of nitriles is 1. The molecule has 3 N–H and O–H groups in total. The molecule has 0 unspecified atom stereocenters. The maximum absolute atomic E-state index is 10.2. The summed E-state index contributed by atoms with van der Waals surface area (Å²) in [6, 6.07) is 10.4. The van der Waals surface area contributed by atoms with Crippen molar-refractivity contribution in [3.8, 4) is 6.07 Å². The Bertz CT molecular complexity index is 1120. The van der Waals surface area contributed by atoms with Crippen molar-refractivity contribution < 1.29 is 6.53 Å². The number of anilines is 2. The van der Waals surface area contributed by atoms with E-state index in [9.17, 15) is 10.4 Å². The number of imidazole rings is 1. The van der Waals surface area contributed by atoms with E-state index in [2.05, 4.69) is 56.1 Å². The highest BCUT2D eigenvalue weighted by Crippen LogP contribution is 2.36. The van der Waals surface area contributed by atoms with E-state index in [1.807, 2.05) is 25.1 Å². The number of aromatic nitrogens is 4. The summed E-state index contributed by atoms with van der Waals surface area (Å²) >= 11 is 0. The van der Waals surface area contributed by atoms with E-state index in [4.69, 9.17) is 0 Å². The minimum atomic E-state index is -0.300. The fraction of sp³-hybridized carbons (Fsp3) is 0.478. The molecule has 0 aliphatic heterocycles. The Kier molecular flexibility index (Phi) is 5.79. The van der Waals surface area contributed by atoms with E-state index < -0.39 is 0 Å². The number of hydrogen-bond donors (Lipinski definition) is 3. The molecule has 1 aromatic carbocycles. The number of para-hydroxylation sites is 2. The monoisotopic (exact) mass is 421 g/mol. The van der Waals surface area contributed by atoms with Crippen molar-refractivity contribution in [3.63, 3.8) is 0 Å². The lowest BCUT2D eigenvalue weighted by Gasteiger charge is -2.40. The molecule has 0 amide bonds. The Morgan fingerprint density at radius 2 is 2.10 bits per heavy atom. The zero-order valence-corrected chi connectivity index (χ0v) is 18.3. The molecular formula is C23H31N7O. The number of hydrogen-bond acceptors (Lipinski definition) is 7. The molecule has 2 atom stereocenters. The molecule has 0 saturated heterocycles. The first-order valence-electron chi connectivity index (χ1n) is 10.7. The second-order valence-corrected chi connectivity index (χ2v) is 8.92. The zero-order valence-electron chi connectivity index (χ0n) is 18.3. The third kappa shape index (κ3) is 4.47. The number of benzene rings is 1. The van der Waals surface area contributed by atoms with Crippen molar-refractivity contribution in [2.45, 2.75) is 58.7 Å². The van der Waals surface area contributed by atoms with Gasteiger partial charge in [0.15, 0.2) is 0 Å². The number of fused-ring (bicyclic) bond motifs is 1. The maximum atomic E-state index is 10.2. The lowest BCUT2D eigenvalue weighted by Crippen LogP contribution is -2.41. The average Bonchev–Trinajstić information content (AvgIpc) is 3.06. The maximum Gasteiger partial charge on any atom is 0.224 e. The van der Waals surface area contributed by atoms with Gasteiger partial charge in [-0.1, -0.05) is 26.0 Å². The lowest BCUT2D eigenvalue weighted by molar-refractivity contribution is 0.00926. The van der Waals surface area contributed by atoms with Gasteiger partial charge in [0.1, 0.15) is 23.3 Å². The second kappa shape index (κ2) is 8.52. The SMILES string of the molecule is Cc1nc2ccccc2n1CCNc1ncc(C#N)c(N[C@@H]2CC[C@H](O)C(C)(C)C2)n1.[HH]. The highest BCUT2D eigenvalue weighted by molar-refractivity contribution is 5.75. The molecular weight excluding hydrogens is 390 g/mol. The van der Waals surface area contributed by atoms with E-state index in [0.29, 0.717) is 23.9 Å². The zero-order chi connectivity index (χ0) is 22.0. The van der Waals surface area contributed by atoms with Crippen LogP contribution < -0.4 is 10.6 Å². The van der Waals surface area contributed by atoms with Crippen molar-refractivity contribution in [2.24, 2.45) is 5.41 Å². The first-order chi connectivity index (χ1) is 14.9. The van der Waals surface area contributed by atoms with Gasteiger partial charge in [-0.15, -0.1) is 0 Å². The van der Waals surface area contributed by atoms with Crippen molar-refractivity contribution in [1.82, 2.24) is 19.5 Å². The molecule has 1 aliphatic carbocycles. The van der Waals surface area contributed by atoms with Crippen LogP contribution in [-0.2, 0) is 6.54 Å². The quantitative estimate of drug-likeness (QED) is 0.556. The van der Waals surface area contributed by atoms with Crippen molar-refractivity contribution >= 4 is 22.8 Å². The minimum absolute atomic E-state index is 0. The smallest absolute Gasteiger partial charge is 0.224 e. The van der Waals surface area contributed by atoms with Gasteiger partial charge in [-0.2, -0.15) is 10.2 Å². The largest absolute Gasteiger partial charge is 0.393 e. The number of aryl methyl sites for hydroxylation is 1. The lowest BCUT2D eigenvalue weighted by atomic mass is 9.73. The van der Waals surface area contributed by atoms with Crippen molar-refractivity contribution in [1.29, 1.82) is 5.26 Å². The van der Waals surface area contributed by atoms with Gasteiger partial charge in [-0.25, -0.2) is 9.97 Å². The Labute approximate surface area is 183 Å². The topological polar surface area (TPSA) is 112 Å². The Morgan fingerprint density at radius 3 is 2.87 bits per heavy atom. The average molecular weight is 422 g/mol. The van der Waals surface area contributed by atoms with Gasteiger partial charge in [0.25, 0.3) is 0 Å². The molecule has 1 aliphatic rings. The van der Waals surface area contributed by atoms with Crippen LogP contribution in [0.3, 0.4) is 0 Å². The van der Waals surface area contributed by atoms with Gasteiger partial charge in [-0.05, 0) is 43.7 Å². The van der Waals surface area contributed by atoms with Gasteiger partial charge >= 0.3 is 0 Å². The third-order valence-corrected chi connectivity index (χ3v) is 6.18. The van der Waals surface area contributed by atoms with Crippen molar-refractivity contribution in [3.05, 3.63) is 41.9 Å². The van der Waals surface area contributed by atoms with E-state index in [-0.39, 0.29) is 19.0 Å². The van der Waals surface area contributed by atoms with Crippen LogP contribution >= 0.6 is 0 Å². The van der Waals surface area contributed by atoms with E-state index in [0.717, 1.165) is 42.7 Å². The van der Waals surface area contributed by atoms with Crippen LogP contribution in [0.2, 0.25) is 0 Å². The summed E-state index contributed by atoms with van der Waals surface area (Å²) in [6.07, 6.45) is 3.65. The molecule has 4 rings (SSSR count). The van der Waals surface area contributed by atoms with Crippen LogP contribution in [-0.4, -0.2) is 43.3 Å². The molecule has 1 saturated carbocycles. The summed E-state index contributed by atoms with van der Waals surface area (Å²) in [7, 11) is 0. The number of nitrogens with zero attached hydrogens (tertiary/aromatic N) is 5. The van der Waals surface area contributed by atoms with Crippen LogP contribution in [0.5, 0.6) is 0 Å². The van der Waals surface area contributed by atoms with Crippen LogP contribution in [0, 0.1) is 23.7 Å². The van der Waals surface area contributed by atoms with E-state index >= 15 is 0 Å². The first kappa shape index (κ1) is 21.1. The van der Waals surface area contributed by atoms with Gasteiger partial charge in [-0.3, -0.25) is 0 Å². The second-order valence-electron chi connectivity index (χ2n) is 8.92. The molecule has 0 bridgehead atoms. The highest BCUT2D eigenvalue weighted by atomic mass is 16.3. The normalized spacial score (nSPS) is 20.4. The molecule has 2 aromatic heterocycles. The standard InChI is InChI=1S/C23H29N7O.H2/c1-15-27-18-6-4-5-7-19(18)30(15)11-10-25-22-26-14-16(13-24)21(29-22)28-17-8-9-20(31)23(2,3)12-17;/h4-7,14,17,20,31H,8-12H2,1-3H3,(H2,25,26,28,29);1H/t17-,20+;/m1./s1. The molecule has 0 spiro atoms. The molecule has 164 valence electrons. The number of rotatable bonds is 6. The first-order valence-corrected chi connectivity index (χ1v) is 10.7. The fourth-order valence-corrected chi connectivity index (χ4v) is 4.36. The van der Waals surface area contributed by atoms with Crippen LogP contribution in [0.1, 0.15) is 45.9 Å². The van der Waals surface area contributed by atoms with Crippen molar-refractivity contribution in [2.75, 3.05) is 17.2 Å². The Morgan fingerprint density at radius 1 is 1.29 bits per heavy atom. The van der Waals surface area contributed by atoms with Crippen LogP contribution in [0.4, 0.5) is 11.8 Å². The Balaban J connectivity index is 0.00000289. The molecule has 8 nitrogen and oxygen atoms in total.